The monoisotopic (exact) mass is 246 g/mol. The number of aliphatic carboxylic acids is 1. The lowest BCUT2D eigenvalue weighted by Crippen LogP contribution is -2.24. The molecule has 0 aliphatic heterocycles. The quantitative estimate of drug-likeness (QED) is 0.593. The highest BCUT2D eigenvalue weighted by molar-refractivity contribution is 5.81. The van der Waals surface area contributed by atoms with Crippen molar-refractivity contribution in [2.75, 3.05) is 13.7 Å². The number of carbonyl (C=O) groups is 2. The van der Waals surface area contributed by atoms with E-state index in [-0.39, 0.29) is 11.6 Å². The minimum absolute atomic E-state index is 0.226. The molecule has 0 fully saturated rings. The zero-order valence-electron chi connectivity index (χ0n) is 11.1. The molecule has 0 amide bonds. The van der Waals surface area contributed by atoms with Gasteiger partial charge in [0.15, 0.2) is 0 Å². The molecule has 0 saturated heterocycles. The van der Waals surface area contributed by atoms with E-state index in [9.17, 15) is 4.79 Å². The maximum atomic E-state index is 10.9. The average molecular weight is 246 g/mol. The van der Waals surface area contributed by atoms with Gasteiger partial charge in [-0.25, -0.2) is 4.79 Å². The summed E-state index contributed by atoms with van der Waals surface area (Å²) in [7, 11) is 1.65. The van der Waals surface area contributed by atoms with Gasteiger partial charge in [0, 0.05) is 26.5 Å². The molecule has 0 aliphatic rings. The van der Waals surface area contributed by atoms with Crippen LogP contribution in [-0.2, 0) is 19.1 Å². The van der Waals surface area contributed by atoms with Gasteiger partial charge < -0.3 is 14.6 Å². The molecule has 1 N–H and O–H groups in total. The van der Waals surface area contributed by atoms with Crippen LogP contribution in [0.5, 0.6) is 0 Å². The van der Waals surface area contributed by atoms with Crippen LogP contribution in [0, 0.1) is 0 Å². The Kier molecular flexibility index (Phi) is 10.4. The molecule has 0 aromatic heterocycles. The van der Waals surface area contributed by atoms with E-state index in [0.717, 1.165) is 6.92 Å². The number of hydrogen-bond acceptors (Lipinski definition) is 4. The zero-order valence-corrected chi connectivity index (χ0v) is 11.1. The normalized spacial score (nSPS) is 10.6. The summed E-state index contributed by atoms with van der Waals surface area (Å²) < 4.78 is 10.1. The molecule has 0 atom stereocenters. The minimum atomic E-state index is -0.833. The number of carboxylic acid groups (broad SMARTS) is 1. The largest absolute Gasteiger partial charge is 0.481 e. The summed E-state index contributed by atoms with van der Waals surface area (Å²) in [4.78, 5) is 19.9. The van der Waals surface area contributed by atoms with E-state index >= 15 is 0 Å². The van der Waals surface area contributed by atoms with E-state index in [2.05, 4.69) is 0 Å². The van der Waals surface area contributed by atoms with Gasteiger partial charge in [-0.1, -0.05) is 6.08 Å². The number of esters is 1. The predicted molar refractivity (Wildman–Crippen MR) is 64.8 cm³/mol. The van der Waals surface area contributed by atoms with E-state index in [1.807, 2.05) is 13.8 Å². The fraction of sp³-hybridized carbons (Fsp3) is 0.667. The van der Waals surface area contributed by atoms with Crippen molar-refractivity contribution in [1.29, 1.82) is 0 Å². The van der Waals surface area contributed by atoms with Crippen molar-refractivity contribution in [3.63, 3.8) is 0 Å². The molecule has 0 aliphatic carbocycles. The Morgan fingerprint density at radius 1 is 1.35 bits per heavy atom. The first kappa shape index (κ1) is 18.0. The number of allylic oxidation sites excluding steroid dienone is 1. The first-order valence-electron chi connectivity index (χ1n) is 5.29. The lowest BCUT2D eigenvalue weighted by atomic mass is 10.1. The van der Waals surface area contributed by atoms with Crippen molar-refractivity contribution >= 4 is 11.9 Å². The van der Waals surface area contributed by atoms with Crippen molar-refractivity contribution in [3.05, 3.63) is 12.2 Å². The fourth-order valence-corrected chi connectivity index (χ4v) is 0.684. The highest BCUT2D eigenvalue weighted by Gasteiger charge is 2.16. The SMILES string of the molecule is CC(=O)O.CC=CC(=O)OCCC(C)(C)OC. The van der Waals surface area contributed by atoms with Gasteiger partial charge in [0.1, 0.15) is 0 Å². The molecule has 0 heterocycles. The van der Waals surface area contributed by atoms with Crippen LogP contribution in [0.25, 0.3) is 0 Å². The summed E-state index contributed by atoms with van der Waals surface area (Å²) in [5, 5.41) is 7.42. The third-order valence-electron chi connectivity index (χ3n) is 1.80. The van der Waals surface area contributed by atoms with Gasteiger partial charge in [-0.05, 0) is 20.8 Å². The predicted octanol–water partition coefficient (Wildman–Crippen LogP) is 2.01. The molecule has 0 saturated carbocycles. The lowest BCUT2D eigenvalue weighted by Gasteiger charge is -2.21. The van der Waals surface area contributed by atoms with E-state index in [1.54, 1.807) is 20.1 Å². The Balaban J connectivity index is 0. The smallest absolute Gasteiger partial charge is 0.330 e. The summed E-state index contributed by atoms with van der Waals surface area (Å²) in [6, 6.07) is 0. The summed E-state index contributed by atoms with van der Waals surface area (Å²) >= 11 is 0. The maximum Gasteiger partial charge on any atom is 0.330 e. The van der Waals surface area contributed by atoms with Crippen LogP contribution in [0.15, 0.2) is 12.2 Å². The summed E-state index contributed by atoms with van der Waals surface area (Å²) in [5.74, 6) is -1.13. The highest BCUT2D eigenvalue weighted by Crippen LogP contribution is 2.12. The molecular weight excluding hydrogens is 224 g/mol. The summed E-state index contributed by atoms with van der Waals surface area (Å²) in [6.07, 6.45) is 3.76. The summed E-state index contributed by atoms with van der Waals surface area (Å²) in [5.41, 5.74) is -0.226. The number of hydrogen-bond donors (Lipinski definition) is 1. The number of carbonyl (C=O) groups excluding carboxylic acids is 1. The zero-order chi connectivity index (χ0) is 13.9. The van der Waals surface area contributed by atoms with Crippen LogP contribution in [0.1, 0.15) is 34.1 Å². The Labute approximate surface area is 102 Å². The Bertz CT molecular complexity index is 252. The molecule has 5 nitrogen and oxygen atoms in total. The van der Waals surface area contributed by atoms with Gasteiger partial charge in [-0.2, -0.15) is 0 Å². The minimum Gasteiger partial charge on any atom is -0.481 e. The second-order valence-electron chi connectivity index (χ2n) is 3.90. The Morgan fingerprint density at radius 3 is 2.18 bits per heavy atom. The standard InChI is InChI=1S/C10H18O3.C2H4O2/c1-5-6-9(11)13-8-7-10(2,3)12-4;1-2(3)4/h5-6H,7-8H2,1-4H3;1H3,(H,3,4). The molecule has 0 spiro atoms. The molecule has 100 valence electrons. The van der Waals surface area contributed by atoms with Gasteiger partial charge in [-0.3, -0.25) is 4.79 Å². The average Bonchev–Trinajstić information content (AvgIpc) is 2.17. The lowest BCUT2D eigenvalue weighted by molar-refractivity contribution is -0.139. The summed E-state index contributed by atoms with van der Waals surface area (Å²) in [6.45, 7) is 7.16. The van der Waals surface area contributed by atoms with Crippen LogP contribution in [0.3, 0.4) is 0 Å². The van der Waals surface area contributed by atoms with Crippen LogP contribution in [0.4, 0.5) is 0 Å². The first-order valence-corrected chi connectivity index (χ1v) is 5.29. The van der Waals surface area contributed by atoms with Gasteiger partial charge in [0.2, 0.25) is 0 Å². The van der Waals surface area contributed by atoms with Crippen molar-refractivity contribution in [2.24, 2.45) is 0 Å². The molecule has 0 bridgehead atoms. The number of rotatable bonds is 5. The van der Waals surface area contributed by atoms with Crippen LogP contribution < -0.4 is 0 Å². The molecule has 17 heavy (non-hydrogen) atoms. The van der Waals surface area contributed by atoms with Crippen LogP contribution in [-0.4, -0.2) is 36.4 Å². The molecule has 0 unspecified atom stereocenters. The molecular formula is C12H22O5. The third-order valence-corrected chi connectivity index (χ3v) is 1.80. The first-order chi connectivity index (χ1) is 7.75. The second-order valence-corrected chi connectivity index (χ2v) is 3.90. The molecule has 0 rings (SSSR count). The highest BCUT2D eigenvalue weighted by atomic mass is 16.5. The van der Waals surface area contributed by atoms with E-state index in [0.29, 0.717) is 13.0 Å². The van der Waals surface area contributed by atoms with Crippen molar-refractivity contribution in [2.45, 2.75) is 39.7 Å². The van der Waals surface area contributed by atoms with Crippen molar-refractivity contribution in [1.82, 2.24) is 0 Å². The fourth-order valence-electron chi connectivity index (χ4n) is 0.684. The third kappa shape index (κ3) is 17.3. The van der Waals surface area contributed by atoms with Gasteiger partial charge >= 0.3 is 5.97 Å². The van der Waals surface area contributed by atoms with E-state index < -0.39 is 5.97 Å². The molecule has 0 aromatic carbocycles. The maximum absolute atomic E-state index is 10.9. The van der Waals surface area contributed by atoms with Crippen LogP contribution in [0.2, 0.25) is 0 Å². The topological polar surface area (TPSA) is 72.8 Å². The van der Waals surface area contributed by atoms with Gasteiger partial charge in [0.25, 0.3) is 5.97 Å². The Hall–Kier alpha value is -1.36. The second kappa shape index (κ2) is 9.84. The molecule has 0 aromatic rings. The van der Waals surface area contributed by atoms with Gasteiger partial charge in [0.05, 0.1) is 12.2 Å². The van der Waals surface area contributed by atoms with E-state index in [4.69, 9.17) is 19.4 Å². The number of methoxy groups -OCH3 is 1. The van der Waals surface area contributed by atoms with Gasteiger partial charge in [-0.15, -0.1) is 0 Å². The molecule has 5 heteroatoms. The van der Waals surface area contributed by atoms with Crippen molar-refractivity contribution < 1.29 is 24.2 Å². The van der Waals surface area contributed by atoms with E-state index in [1.165, 1.54) is 6.08 Å². The number of ether oxygens (including phenoxy) is 2. The number of carboxylic acids is 1. The molecule has 0 radical (unpaired) electrons. The van der Waals surface area contributed by atoms with Crippen LogP contribution >= 0.6 is 0 Å². The van der Waals surface area contributed by atoms with Crippen molar-refractivity contribution in [3.8, 4) is 0 Å². The Morgan fingerprint density at radius 2 is 1.82 bits per heavy atom.